The predicted molar refractivity (Wildman–Crippen MR) is 147 cm³/mol. The van der Waals surface area contributed by atoms with Crippen LogP contribution in [0.3, 0.4) is 0 Å². The minimum absolute atomic E-state index is 0.911. The van der Waals surface area contributed by atoms with E-state index in [0.717, 1.165) is 28.5 Å². The summed E-state index contributed by atoms with van der Waals surface area (Å²) in [6, 6.07) is 34.5. The zero-order chi connectivity index (χ0) is 22.9. The molecule has 2 aromatic heterocycles. The molecule has 0 atom stereocenters. The number of hydrogen-bond acceptors (Lipinski definition) is 1. The van der Waals surface area contributed by atoms with E-state index in [0.29, 0.717) is 0 Å². The number of nitrogens with one attached hydrogen (secondary N) is 1. The Balaban J connectivity index is 1.44. The summed E-state index contributed by atoms with van der Waals surface area (Å²) in [5.74, 6) is 0. The molecule has 2 heteroatoms. The van der Waals surface area contributed by atoms with Crippen molar-refractivity contribution in [3.8, 4) is 22.4 Å². The second-order valence-electron chi connectivity index (χ2n) is 9.34. The van der Waals surface area contributed by atoms with E-state index >= 15 is 0 Å². The molecular weight excluding hydrogens is 426 g/mol. The van der Waals surface area contributed by atoms with Gasteiger partial charge < -0.3 is 9.40 Å². The summed E-state index contributed by atoms with van der Waals surface area (Å²) in [4.78, 5) is 3.83. The highest BCUT2D eigenvalue weighted by atomic mass is 16.3. The fraction of sp³-hybridized carbons (Fsp3) is 0.0303. The largest absolute Gasteiger partial charge is 0.455 e. The summed E-state index contributed by atoms with van der Waals surface area (Å²) in [5, 5.41) is 6.09. The molecule has 5 aromatic carbocycles. The molecule has 0 saturated heterocycles. The summed E-state index contributed by atoms with van der Waals surface area (Å²) in [6.45, 7) is 0. The molecule has 1 aliphatic carbocycles. The second-order valence-corrected chi connectivity index (χ2v) is 9.34. The SMILES string of the molecule is C1=Cc2ccccc2-c2[nH]c3c(-c4cccc5c4oc4ccc6ccccc6c45)cccc3c2C1. The van der Waals surface area contributed by atoms with Crippen LogP contribution in [0.15, 0.2) is 108 Å². The summed E-state index contributed by atoms with van der Waals surface area (Å²) in [6.07, 6.45) is 5.42. The van der Waals surface area contributed by atoms with Gasteiger partial charge >= 0.3 is 0 Å². The van der Waals surface area contributed by atoms with Gasteiger partial charge in [-0.3, -0.25) is 0 Å². The van der Waals surface area contributed by atoms with Gasteiger partial charge in [-0.15, -0.1) is 0 Å². The van der Waals surface area contributed by atoms with E-state index in [-0.39, 0.29) is 0 Å². The fourth-order valence-corrected chi connectivity index (χ4v) is 5.89. The fourth-order valence-electron chi connectivity index (χ4n) is 5.89. The quantitative estimate of drug-likeness (QED) is 0.267. The standard InChI is InChI=1S/C33H21NO/c1-3-11-22-21(9-1)18-19-29-30(22)28-17-7-16-27(33(28)35-29)26-15-6-14-25-24-13-5-10-20-8-2-4-12-23(20)31(24)34-32(25)26/h1-12,14-19,34H,13H2. The molecule has 0 unspecified atom stereocenters. The lowest BCUT2D eigenvalue weighted by atomic mass is 9.97. The first-order valence-electron chi connectivity index (χ1n) is 12.1. The lowest BCUT2D eigenvalue weighted by Gasteiger charge is -2.06. The number of para-hydroxylation sites is 2. The van der Waals surface area contributed by atoms with Crippen molar-refractivity contribution < 1.29 is 4.42 Å². The van der Waals surface area contributed by atoms with Crippen molar-refractivity contribution in [3.63, 3.8) is 0 Å². The van der Waals surface area contributed by atoms with Crippen molar-refractivity contribution in [2.75, 3.05) is 0 Å². The zero-order valence-electron chi connectivity index (χ0n) is 19.0. The van der Waals surface area contributed by atoms with E-state index in [9.17, 15) is 0 Å². The van der Waals surface area contributed by atoms with E-state index in [1.807, 2.05) is 0 Å². The maximum atomic E-state index is 6.55. The van der Waals surface area contributed by atoms with Gasteiger partial charge in [0, 0.05) is 32.8 Å². The Morgan fingerprint density at radius 2 is 1.40 bits per heavy atom. The van der Waals surface area contributed by atoms with Crippen LogP contribution in [0.25, 0.3) is 72.1 Å². The van der Waals surface area contributed by atoms with Crippen molar-refractivity contribution in [2.45, 2.75) is 6.42 Å². The van der Waals surface area contributed by atoms with Crippen LogP contribution in [0.1, 0.15) is 11.1 Å². The Hall–Kier alpha value is -4.56. The van der Waals surface area contributed by atoms with Crippen LogP contribution in [0.5, 0.6) is 0 Å². The first kappa shape index (κ1) is 18.8. The molecule has 2 nitrogen and oxygen atoms in total. The molecule has 0 fully saturated rings. The van der Waals surface area contributed by atoms with Crippen molar-refractivity contribution in [1.82, 2.24) is 4.98 Å². The van der Waals surface area contributed by atoms with Crippen molar-refractivity contribution in [1.29, 1.82) is 0 Å². The number of hydrogen-bond donors (Lipinski definition) is 1. The van der Waals surface area contributed by atoms with Crippen LogP contribution < -0.4 is 0 Å². The Morgan fingerprint density at radius 1 is 0.629 bits per heavy atom. The molecule has 0 radical (unpaired) electrons. The molecule has 7 aromatic rings. The summed E-state index contributed by atoms with van der Waals surface area (Å²) >= 11 is 0. The maximum Gasteiger partial charge on any atom is 0.143 e. The predicted octanol–water partition coefficient (Wildman–Crippen LogP) is 9.12. The van der Waals surface area contributed by atoms with Gasteiger partial charge in [-0.05, 0) is 34.4 Å². The summed E-state index contributed by atoms with van der Waals surface area (Å²) < 4.78 is 6.55. The van der Waals surface area contributed by atoms with E-state index in [1.54, 1.807) is 0 Å². The molecule has 35 heavy (non-hydrogen) atoms. The van der Waals surface area contributed by atoms with Crippen molar-refractivity contribution in [3.05, 3.63) is 114 Å². The average Bonchev–Trinajstić information content (AvgIpc) is 3.42. The van der Waals surface area contributed by atoms with Gasteiger partial charge in [-0.25, -0.2) is 0 Å². The highest BCUT2D eigenvalue weighted by molar-refractivity contribution is 6.21. The molecule has 2 heterocycles. The molecule has 1 N–H and O–H groups in total. The monoisotopic (exact) mass is 447 g/mol. The number of aromatic nitrogens is 1. The van der Waals surface area contributed by atoms with Crippen LogP contribution in [0.2, 0.25) is 0 Å². The number of H-pyrrole nitrogens is 1. The lowest BCUT2D eigenvalue weighted by Crippen LogP contribution is -1.84. The maximum absolute atomic E-state index is 6.55. The van der Waals surface area contributed by atoms with E-state index < -0.39 is 0 Å². The molecular formula is C33H21NO. The molecule has 164 valence electrons. The van der Waals surface area contributed by atoms with Crippen LogP contribution in [-0.4, -0.2) is 4.98 Å². The molecule has 0 bridgehead atoms. The number of rotatable bonds is 1. The highest BCUT2D eigenvalue weighted by Crippen LogP contribution is 2.43. The van der Waals surface area contributed by atoms with E-state index in [2.05, 4.69) is 114 Å². The molecule has 8 rings (SSSR count). The van der Waals surface area contributed by atoms with E-state index in [1.165, 1.54) is 55.0 Å². The van der Waals surface area contributed by atoms with Gasteiger partial charge in [-0.2, -0.15) is 0 Å². The second kappa shape index (κ2) is 6.97. The smallest absolute Gasteiger partial charge is 0.143 e. The molecule has 0 aliphatic heterocycles. The zero-order valence-corrected chi connectivity index (χ0v) is 19.0. The Bertz CT molecular complexity index is 1980. The third kappa shape index (κ3) is 2.59. The summed E-state index contributed by atoms with van der Waals surface area (Å²) in [7, 11) is 0. The Labute approximate surface area is 202 Å². The first-order chi connectivity index (χ1) is 17.4. The van der Waals surface area contributed by atoms with Crippen LogP contribution in [-0.2, 0) is 6.42 Å². The topological polar surface area (TPSA) is 28.9 Å². The number of aromatic amines is 1. The van der Waals surface area contributed by atoms with Crippen molar-refractivity contribution >= 4 is 49.7 Å². The average molecular weight is 448 g/mol. The third-order valence-electron chi connectivity index (χ3n) is 7.47. The normalized spacial score (nSPS) is 12.9. The van der Waals surface area contributed by atoms with Gasteiger partial charge in [0.05, 0.1) is 11.2 Å². The van der Waals surface area contributed by atoms with Gasteiger partial charge in [-0.1, -0.05) is 103 Å². The minimum Gasteiger partial charge on any atom is -0.455 e. The Kier molecular flexibility index (Phi) is 3.75. The molecule has 0 amide bonds. The molecule has 0 saturated carbocycles. The first-order valence-corrected chi connectivity index (χ1v) is 12.1. The number of fused-ring (bicyclic) bond motifs is 10. The Morgan fingerprint density at radius 3 is 2.37 bits per heavy atom. The lowest BCUT2D eigenvalue weighted by molar-refractivity contribution is 0.670. The number of furan rings is 1. The van der Waals surface area contributed by atoms with E-state index in [4.69, 9.17) is 4.42 Å². The van der Waals surface area contributed by atoms with Crippen LogP contribution in [0.4, 0.5) is 0 Å². The number of benzene rings is 5. The number of allylic oxidation sites excluding steroid dienone is 1. The van der Waals surface area contributed by atoms with Gasteiger partial charge in [0.15, 0.2) is 0 Å². The third-order valence-corrected chi connectivity index (χ3v) is 7.47. The van der Waals surface area contributed by atoms with Gasteiger partial charge in [0.2, 0.25) is 0 Å². The molecule has 1 aliphatic rings. The van der Waals surface area contributed by atoms with Crippen molar-refractivity contribution in [2.24, 2.45) is 0 Å². The molecule has 0 spiro atoms. The highest BCUT2D eigenvalue weighted by Gasteiger charge is 2.20. The van der Waals surface area contributed by atoms with Gasteiger partial charge in [0.25, 0.3) is 0 Å². The summed E-state index contributed by atoms with van der Waals surface area (Å²) in [5.41, 5.74) is 10.4. The minimum atomic E-state index is 0.911. The van der Waals surface area contributed by atoms with Gasteiger partial charge in [0.1, 0.15) is 11.2 Å². The van der Waals surface area contributed by atoms with Crippen LogP contribution in [0, 0.1) is 0 Å². The van der Waals surface area contributed by atoms with Crippen LogP contribution >= 0.6 is 0 Å².